The first kappa shape index (κ1) is 19.9. The Balaban J connectivity index is 2.12. The molecule has 0 spiro atoms. The van der Waals surface area contributed by atoms with Gasteiger partial charge in [-0.1, -0.05) is 17.7 Å². The first-order valence-corrected chi connectivity index (χ1v) is 9.75. The molecular weight excluding hydrogens is 410 g/mol. The van der Waals surface area contributed by atoms with Crippen molar-refractivity contribution < 1.29 is 23.1 Å². The summed E-state index contributed by atoms with van der Waals surface area (Å²) >= 11 is 6.11. The summed E-state index contributed by atoms with van der Waals surface area (Å²) in [4.78, 5) is 19.4. The Hall–Kier alpha value is -2.89. The number of aromatic nitrogens is 1. The van der Waals surface area contributed by atoms with Gasteiger partial charge >= 0.3 is 5.97 Å². The minimum Gasteiger partial charge on any atom is -0.501 e. The van der Waals surface area contributed by atoms with Crippen molar-refractivity contribution in [3.05, 3.63) is 41.8 Å². The summed E-state index contributed by atoms with van der Waals surface area (Å²) in [5, 5.41) is 10.6. The number of nitrogens with two attached hydrogens (primary N) is 2. The van der Waals surface area contributed by atoms with Crippen molar-refractivity contribution in [1.29, 1.82) is 0 Å². The van der Waals surface area contributed by atoms with Gasteiger partial charge in [0.1, 0.15) is 0 Å². The van der Waals surface area contributed by atoms with Crippen LogP contribution in [0.5, 0.6) is 0 Å². The number of halogens is 1. The van der Waals surface area contributed by atoms with Crippen LogP contribution in [0.4, 0.5) is 5.82 Å². The predicted octanol–water partition coefficient (Wildman–Crippen LogP) is 0.829. The molecule has 1 unspecified atom stereocenters. The van der Waals surface area contributed by atoms with Gasteiger partial charge in [-0.2, -0.15) is 9.71 Å². The van der Waals surface area contributed by atoms with Crippen LogP contribution in [0, 0.1) is 0 Å². The highest BCUT2D eigenvalue weighted by Crippen LogP contribution is 2.32. The number of fused-ring (bicyclic) bond motifs is 1. The number of carbonyl (C=O) groups is 1. The Labute approximate surface area is 164 Å². The van der Waals surface area contributed by atoms with Gasteiger partial charge in [0.2, 0.25) is 10.0 Å². The third-order valence-corrected chi connectivity index (χ3v) is 5.90. The average Bonchev–Trinajstić information content (AvgIpc) is 2.64. The van der Waals surface area contributed by atoms with Crippen LogP contribution in [0.3, 0.4) is 0 Å². The molecule has 6 N–H and O–H groups in total. The van der Waals surface area contributed by atoms with E-state index in [9.17, 15) is 18.3 Å². The van der Waals surface area contributed by atoms with E-state index in [4.69, 9.17) is 27.8 Å². The maximum atomic E-state index is 12.9. The molecule has 0 radical (unpaired) electrons. The zero-order valence-electron chi connectivity index (χ0n) is 14.3. The summed E-state index contributed by atoms with van der Waals surface area (Å²) < 4.78 is 33.0. The van der Waals surface area contributed by atoms with Gasteiger partial charge in [0, 0.05) is 23.4 Å². The third-order valence-electron chi connectivity index (χ3n) is 4.10. The van der Waals surface area contributed by atoms with E-state index in [1.165, 1.54) is 24.4 Å². The third kappa shape index (κ3) is 3.72. The quantitative estimate of drug-likeness (QED) is 0.403. The zero-order chi connectivity index (χ0) is 20.5. The number of guanidine groups is 1. The zero-order valence-corrected chi connectivity index (χ0v) is 15.9. The molecule has 148 valence electrons. The number of benzene rings is 1. The SMILES string of the molecule is NC(N)=Nc1ncc(Cl)c2ccc(S(=O)(=O)NC3(C(=O)O)C=COCC3)cc12. The van der Waals surface area contributed by atoms with Crippen LogP contribution in [-0.4, -0.2) is 42.6 Å². The molecule has 12 heteroatoms. The van der Waals surface area contributed by atoms with E-state index in [0.29, 0.717) is 5.39 Å². The van der Waals surface area contributed by atoms with Gasteiger partial charge < -0.3 is 21.3 Å². The Bertz CT molecular complexity index is 1110. The highest BCUT2D eigenvalue weighted by Gasteiger charge is 2.42. The summed E-state index contributed by atoms with van der Waals surface area (Å²) in [7, 11) is -4.23. The molecule has 1 atom stereocenters. The summed E-state index contributed by atoms with van der Waals surface area (Å²) in [6.07, 6.45) is 3.57. The number of rotatable bonds is 5. The number of aliphatic imine (C=N–C) groups is 1. The predicted molar refractivity (Wildman–Crippen MR) is 103 cm³/mol. The van der Waals surface area contributed by atoms with E-state index in [0.717, 1.165) is 12.3 Å². The van der Waals surface area contributed by atoms with Crippen LogP contribution in [0.1, 0.15) is 6.42 Å². The molecule has 1 aliphatic rings. The van der Waals surface area contributed by atoms with Gasteiger partial charge in [0.15, 0.2) is 17.3 Å². The standard InChI is InChI=1S/C16H16ClN5O5S/c17-12-8-20-13(21-15(18)19)11-7-9(1-2-10(11)12)28(25,26)22-16(14(23)24)3-5-27-6-4-16/h1-3,5,7-8,22H,4,6H2,(H,23,24)(H4,18,19,20,21). The number of sulfonamides is 1. The molecule has 1 aromatic heterocycles. The second kappa shape index (κ2) is 7.26. The van der Waals surface area contributed by atoms with E-state index in [2.05, 4.69) is 14.7 Å². The summed E-state index contributed by atoms with van der Waals surface area (Å²) in [5.74, 6) is -1.53. The van der Waals surface area contributed by atoms with Gasteiger partial charge in [-0.15, -0.1) is 0 Å². The van der Waals surface area contributed by atoms with Crippen LogP contribution in [-0.2, 0) is 19.6 Å². The van der Waals surface area contributed by atoms with Crippen molar-refractivity contribution in [3.63, 3.8) is 0 Å². The van der Waals surface area contributed by atoms with Crippen molar-refractivity contribution in [2.24, 2.45) is 16.5 Å². The number of ether oxygens (including phenoxy) is 1. The van der Waals surface area contributed by atoms with Crippen LogP contribution in [0.15, 0.2) is 46.6 Å². The monoisotopic (exact) mass is 425 g/mol. The van der Waals surface area contributed by atoms with Gasteiger partial charge in [-0.25, -0.2) is 18.2 Å². The lowest BCUT2D eigenvalue weighted by molar-refractivity contribution is -0.143. The van der Waals surface area contributed by atoms with Crippen LogP contribution >= 0.6 is 11.6 Å². The van der Waals surface area contributed by atoms with Crippen LogP contribution < -0.4 is 16.2 Å². The number of aliphatic carboxylic acids is 1. The Kier molecular flexibility index (Phi) is 5.15. The fraction of sp³-hybridized carbons (Fsp3) is 0.188. The first-order valence-electron chi connectivity index (χ1n) is 7.89. The molecule has 2 aromatic rings. The van der Waals surface area contributed by atoms with Crippen molar-refractivity contribution in [2.75, 3.05) is 6.61 Å². The second-order valence-electron chi connectivity index (χ2n) is 5.98. The van der Waals surface area contributed by atoms with Gasteiger partial charge in [-0.05, 0) is 18.2 Å². The number of hydrogen-bond acceptors (Lipinski definition) is 6. The average molecular weight is 426 g/mol. The lowest BCUT2D eigenvalue weighted by Gasteiger charge is -2.29. The molecule has 3 rings (SSSR count). The van der Waals surface area contributed by atoms with Crippen LogP contribution in [0.25, 0.3) is 10.8 Å². The molecule has 0 bridgehead atoms. The number of carboxylic acid groups (broad SMARTS) is 1. The largest absolute Gasteiger partial charge is 0.501 e. The van der Waals surface area contributed by atoms with E-state index in [1.807, 2.05) is 0 Å². The lowest BCUT2D eigenvalue weighted by Crippen LogP contribution is -2.54. The van der Waals surface area contributed by atoms with Crippen molar-refractivity contribution >= 4 is 50.1 Å². The van der Waals surface area contributed by atoms with E-state index in [1.54, 1.807) is 0 Å². The number of nitrogens with zero attached hydrogens (tertiary/aromatic N) is 2. The smallest absolute Gasteiger partial charge is 0.329 e. The molecule has 0 aliphatic carbocycles. The molecule has 0 saturated heterocycles. The molecule has 2 heterocycles. The van der Waals surface area contributed by atoms with Crippen molar-refractivity contribution in [3.8, 4) is 0 Å². The molecule has 10 nitrogen and oxygen atoms in total. The molecule has 0 fully saturated rings. The van der Waals surface area contributed by atoms with Crippen LogP contribution in [0.2, 0.25) is 5.02 Å². The fourth-order valence-electron chi connectivity index (χ4n) is 2.69. The Morgan fingerprint density at radius 2 is 2.11 bits per heavy atom. The summed E-state index contributed by atoms with van der Waals surface area (Å²) in [6, 6.07) is 4.04. The maximum Gasteiger partial charge on any atom is 0.329 e. The number of carboxylic acids is 1. The minimum absolute atomic E-state index is 0.0528. The summed E-state index contributed by atoms with van der Waals surface area (Å²) in [5.41, 5.74) is 8.96. The highest BCUT2D eigenvalue weighted by atomic mass is 35.5. The lowest BCUT2D eigenvalue weighted by atomic mass is 9.96. The number of pyridine rings is 1. The number of hydrogen-bond donors (Lipinski definition) is 4. The highest BCUT2D eigenvalue weighted by molar-refractivity contribution is 7.89. The first-order chi connectivity index (χ1) is 13.1. The second-order valence-corrected chi connectivity index (χ2v) is 8.07. The molecule has 0 amide bonds. The fourth-order valence-corrected chi connectivity index (χ4v) is 4.28. The Morgan fingerprint density at radius 1 is 1.36 bits per heavy atom. The Morgan fingerprint density at radius 3 is 2.71 bits per heavy atom. The molecule has 28 heavy (non-hydrogen) atoms. The normalized spacial score (nSPS) is 19.2. The molecular formula is C16H16ClN5O5S. The van der Waals surface area contributed by atoms with E-state index >= 15 is 0 Å². The molecule has 1 aromatic carbocycles. The van der Waals surface area contributed by atoms with E-state index < -0.39 is 21.5 Å². The van der Waals surface area contributed by atoms with E-state index in [-0.39, 0.29) is 40.1 Å². The van der Waals surface area contributed by atoms with Crippen molar-refractivity contribution in [1.82, 2.24) is 9.71 Å². The van der Waals surface area contributed by atoms with Gasteiger partial charge in [0.05, 0.1) is 22.8 Å². The molecule has 0 saturated carbocycles. The number of nitrogens with one attached hydrogen (secondary N) is 1. The van der Waals surface area contributed by atoms with Gasteiger partial charge in [0.25, 0.3) is 0 Å². The minimum atomic E-state index is -4.23. The molecule has 1 aliphatic heterocycles. The summed E-state index contributed by atoms with van der Waals surface area (Å²) in [6.45, 7) is 0.0528. The maximum absolute atomic E-state index is 12.9. The van der Waals surface area contributed by atoms with Gasteiger partial charge in [-0.3, -0.25) is 0 Å². The topological polar surface area (TPSA) is 170 Å². The van der Waals surface area contributed by atoms with Crippen molar-refractivity contribution in [2.45, 2.75) is 16.9 Å².